The van der Waals surface area contributed by atoms with Crippen LogP contribution in [0.3, 0.4) is 0 Å². The second kappa shape index (κ2) is 6.39. The van der Waals surface area contributed by atoms with Gasteiger partial charge in [-0.25, -0.2) is 4.98 Å². The minimum absolute atomic E-state index is 0.0850. The minimum Gasteiger partial charge on any atom is -0.475 e. The fourth-order valence-corrected chi connectivity index (χ4v) is 2.45. The van der Waals surface area contributed by atoms with Crippen LogP contribution in [0.4, 0.5) is 5.95 Å². The Balaban J connectivity index is 1.90. The predicted molar refractivity (Wildman–Crippen MR) is 78.9 cm³/mol. The molecule has 20 heavy (non-hydrogen) atoms. The van der Waals surface area contributed by atoms with Crippen molar-refractivity contribution in [1.29, 1.82) is 0 Å². The van der Waals surface area contributed by atoms with Gasteiger partial charge < -0.3 is 15.2 Å². The molecule has 0 spiro atoms. The zero-order chi connectivity index (χ0) is 14.6. The van der Waals surface area contributed by atoms with Crippen LogP contribution in [0.15, 0.2) is 12.3 Å². The van der Waals surface area contributed by atoms with Gasteiger partial charge in [0.2, 0.25) is 11.8 Å². The third-order valence-electron chi connectivity index (χ3n) is 3.77. The molecule has 0 saturated heterocycles. The summed E-state index contributed by atoms with van der Waals surface area (Å²) in [4.78, 5) is 8.45. The molecule has 2 rings (SSSR count). The molecule has 0 aromatic carbocycles. The first-order valence-corrected chi connectivity index (χ1v) is 7.43. The van der Waals surface area contributed by atoms with Crippen LogP contribution < -0.4 is 10.1 Å². The number of anilines is 1. The van der Waals surface area contributed by atoms with Crippen molar-refractivity contribution in [2.45, 2.75) is 58.2 Å². The van der Waals surface area contributed by atoms with Gasteiger partial charge in [-0.15, -0.1) is 0 Å². The molecule has 1 aliphatic rings. The van der Waals surface area contributed by atoms with Crippen LogP contribution in [0, 0.1) is 5.92 Å². The summed E-state index contributed by atoms with van der Waals surface area (Å²) in [7, 11) is 0. The Bertz CT molecular complexity index is 429. The zero-order valence-corrected chi connectivity index (χ0v) is 12.6. The summed E-state index contributed by atoms with van der Waals surface area (Å²) in [6.45, 7) is 6.65. The molecule has 0 atom stereocenters. The van der Waals surface area contributed by atoms with E-state index >= 15 is 0 Å². The van der Waals surface area contributed by atoms with E-state index in [0.717, 1.165) is 25.7 Å². The first-order chi connectivity index (χ1) is 9.47. The van der Waals surface area contributed by atoms with Gasteiger partial charge in [0, 0.05) is 18.8 Å². The summed E-state index contributed by atoms with van der Waals surface area (Å²) in [5.41, 5.74) is -0.634. The lowest BCUT2D eigenvalue weighted by atomic mass is 9.79. The number of ether oxygens (including phenoxy) is 1. The summed E-state index contributed by atoms with van der Waals surface area (Å²) >= 11 is 0. The number of aliphatic hydroxyl groups is 1. The van der Waals surface area contributed by atoms with Crippen LogP contribution in [-0.2, 0) is 0 Å². The lowest BCUT2D eigenvalue weighted by Gasteiger charge is -2.34. The van der Waals surface area contributed by atoms with E-state index < -0.39 is 5.60 Å². The second-order valence-electron chi connectivity index (χ2n) is 6.15. The lowest BCUT2D eigenvalue weighted by Crippen LogP contribution is -2.40. The normalized spacial score (nSPS) is 26.6. The van der Waals surface area contributed by atoms with Crippen LogP contribution in [0.1, 0.15) is 46.5 Å². The number of nitrogens with zero attached hydrogens (tertiary/aromatic N) is 2. The van der Waals surface area contributed by atoms with Gasteiger partial charge >= 0.3 is 0 Å². The van der Waals surface area contributed by atoms with E-state index in [-0.39, 0.29) is 6.10 Å². The number of hydrogen-bond donors (Lipinski definition) is 2. The molecule has 112 valence electrons. The highest BCUT2D eigenvalue weighted by atomic mass is 16.5. The van der Waals surface area contributed by atoms with E-state index in [1.54, 1.807) is 12.3 Å². The Kier molecular flexibility index (Phi) is 4.81. The molecule has 5 nitrogen and oxygen atoms in total. The van der Waals surface area contributed by atoms with E-state index in [2.05, 4.69) is 22.2 Å². The Morgan fingerprint density at radius 2 is 2.15 bits per heavy atom. The average Bonchev–Trinajstić information content (AvgIpc) is 2.40. The first-order valence-electron chi connectivity index (χ1n) is 7.43. The van der Waals surface area contributed by atoms with Gasteiger partial charge in [0.1, 0.15) is 0 Å². The maximum absolute atomic E-state index is 10.5. The first kappa shape index (κ1) is 15.0. The molecular weight excluding hydrogens is 254 g/mol. The molecule has 1 heterocycles. The summed E-state index contributed by atoms with van der Waals surface area (Å²) in [5, 5.41) is 13.6. The molecule has 0 amide bonds. The molecular formula is C15H25N3O2. The quantitative estimate of drug-likeness (QED) is 0.867. The smallest absolute Gasteiger partial charge is 0.226 e. The van der Waals surface area contributed by atoms with Crippen molar-refractivity contribution in [3.63, 3.8) is 0 Å². The van der Waals surface area contributed by atoms with Crippen LogP contribution in [0.2, 0.25) is 0 Å². The molecule has 2 N–H and O–H groups in total. The molecule has 0 radical (unpaired) electrons. The van der Waals surface area contributed by atoms with E-state index in [4.69, 9.17) is 4.74 Å². The van der Waals surface area contributed by atoms with Crippen molar-refractivity contribution in [2.75, 3.05) is 11.9 Å². The van der Waals surface area contributed by atoms with Crippen LogP contribution in [-0.4, -0.2) is 33.3 Å². The molecule has 0 aliphatic heterocycles. The summed E-state index contributed by atoms with van der Waals surface area (Å²) in [6.07, 6.45) is 5.58. The Morgan fingerprint density at radius 1 is 1.45 bits per heavy atom. The van der Waals surface area contributed by atoms with Crippen molar-refractivity contribution >= 4 is 5.95 Å². The van der Waals surface area contributed by atoms with E-state index in [1.165, 1.54) is 0 Å². The Labute approximate surface area is 120 Å². The number of nitrogens with one attached hydrogen (secondary N) is 1. The van der Waals surface area contributed by atoms with Gasteiger partial charge in [-0.3, -0.25) is 0 Å². The molecule has 5 heteroatoms. The molecule has 0 unspecified atom stereocenters. The summed E-state index contributed by atoms with van der Waals surface area (Å²) in [6, 6.07) is 1.74. The largest absolute Gasteiger partial charge is 0.475 e. The summed E-state index contributed by atoms with van der Waals surface area (Å²) in [5.74, 6) is 1.78. The van der Waals surface area contributed by atoms with Gasteiger partial charge in [0.25, 0.3) is 0 Å². The van der Waals surface area contributed by atoms with Crippen molar-refractivity contribution < 1.29 is 9.84 Å². The van der Waals surface area contributed by atoms with Crippen molar-refractivity contribution in [3.05, 3.63) is 12.3 Å². The van der Waals surface area contributed by atoms with Gasteiger partial charge in [-0.05, 0) is 45.4 Å². The predicted octanol–water partition coefficient (Wildman–Crippen LogP) is 2.62. The molecule has 0 bridgehead atoms. The fraction of sp³-hybridized carbons (Fsp3) is 0.733. The molecule has 1 fully saturated rings. The lowest BCUT2D eigenvalue weighted by molar-refractivity contribution is 0.00486. The maximum Gasteiger partial charge on any atom is 0.226 e. The fourth-order valence-electron chi connectivity index (χ4n) is 2.45. The third-order valence-corrected chi connectivity index (χ3v) is 3.77. The van der Waals surface area contributed by atoms with Gasteiger partial charge in [-0.1, -0.05) is 6.92 Å². The standard InChI is InChI=1S/C15H25N3O2/c1-11(2)20-13-6-9-16-14(18-13)17-10-15(19)7-4-12(3)5-8-15/h6,9,11-12,19H,4-5,7-8,10H2,1-3H3,(H,16,17,18). The second-order valence-corrected chi connectivity index (χ2v) is 6.15. The van der Waals surface area contributed by atoms with Crippen molar-refractivity contribution in [2.24, 2.45) is 5.92 Å². The molecule has 1 aliphatic carbocycles. The molecule has 1 aromatic rings. The van der Waals surface area contributed by atoms with E-state index in [1.807, 2.05) is 13.8 Å². The topological polar surface area (TPSA) is 67.3 Å². The maximum atomic E-state index is 10.5. The zero-order valence-electron chi connectivity index (χ0n) is 12.6. The monoisotopic (exact) mass is 279 g/mol. The minimum atomic E-state index is -0.634. The van der Waals surface area contributed by atoms with E-state index in [0.29, 0.717) is 24.3 Å². The average molecular weight is 279 g/mol. The van der Waals surface area contributed by atoms with Gasteiger partial charge in [0.05, 0.1) is 11.7 Å². The molecule has 1 aromatic heterocycles. The highest BCUT2D eigenvalue weighted by Gasteiger charge is 2.31. The van der Waals surface area contributed by atoms with Gasteiger partial charge in [0.15, 0.2) is 0 Å². The third kappa shape index (κ3) is 4.34. The van der Waals surface area contributed by atoms with Gasteiger partial charge in [-0.2, -0.15) is 4.98 Å². The van der Waals surface area contributed by atoms with E-state index in [9.17, 15) is 5.11 Å². The van der Waals surface area contributed by atoms with Crippen LogP contribution >= 0.6 is 0 Å². The van der Waals surface area contributed by atoms with Crippen molar-refractivity contribution in [3.8, 4) is 5.88 Å². The Hall–Kier alpha value is -1.36. The number of hydrogen-bond acceptors (Lipinski definition) is 5. The van der Waals surface area contributed by atoms with Crippen LogP contribution in [0.25, 0.3) is 0 Å². The summed E-state index contributed by atoms with van der Waals surface area (Å²) < 4.78 is 5.53. The SMILES string of the molecule is CC1CCC(O)(CNc2nccc(OC(C)C)n2)CC1. The highest BCUT2D eigenvalue weighted by Crippen LogP contribution is 2.31. The Morgan fingerprint density at radius 3 is 2.80 bits per heavy atom. The van der Waals surface area contributed by atoms with Crippen LogP contribution in [0.5, 0.6) is 5.88 Å². The molecule has 1 saturated carbocycles. The van der Waals surface area contributed by atoms with Crippen molar-refractivity contribution in [1.82, 2.24) is 9.97 Å². The highest BCUT2D eigenvalue weighted by molar-refractivity contribution is 5.28. The number of rotatable bonds is 5. The number of aromatic nitrogens is 2.